The fourth-order valence-corrected chi connectivity index (χ4v) is 1.81. The summed E-state index contributed by atoms with van der Waals surface area (Å²) in [6, 6.07) is -1.43. The van der Waals surface area contributed by atoms with Crippen molar-refractivity contribution in [3.8, 4) is 0 Å². The van der Waals surface area contributed by atoms with Crippen molar-refractivity contribution in [1.29, 1.82) is 0 Å². The normalized spacial score (nSPS) is 11.9. The number of unbranched alkanes of at least 4 members (excludes halogenated alkanes) is 2. The van der Waals surface area contributed by atoms with Gasteiger partial charge in [-0.3, -0.25) is 0 Å². The number of rotatable bonds is 9. The van der Waals surface area contributed by atoms with Gasteiger partial charge in [-0.15, -0.1) is 0 Å². The summed E-state index contributed by atoms with van der Waals surface area (Å²) in [6.45, 7) is 0.656. The van der Waals surface area contributed by atoms with Gasteiger partial charge >= 0.3 is 12.0 Å². The number of amides is 2. The summed E-state index contributed by atoms with van der Waals surface area (Å²) in [5.41, 5.74) is 0.647. The molecule has 0 saturated heterocycles. The molecular formula is C13H22N4O4. The van der Waals surface area contributed by atoms with Crippen LogP contribution in [-0.2, 0) is 11.2 Å². The Balaban J connectivity index is 2.42. The van der Waals surface area contributed by atoms with Crippen molar-refractivity contribution in [3.63, 3.8) is 0 Å². The maximum Gasteiger partial charge on any atom is 0.326 e. The molecule has 1 heterocycles. The monoisotopic (exact) mass is 298 g/mol. The summed E-state index contributed by atoms with van der Waals surface area (Å²) in [4.78, 5) is 31.2. The molecule has 2 amide bonds. The average Bonchev–Trinajstić information content (AvgIpc) is 2.95. The van der Waals surface area contributed by atoms with E-state index in [1.807, 2.05) is 0 Å². The number of aromatic nitrogens is 2. The number of imidazole rings is 1. The van der Waals surface area contributed by atoms with Gasteiger partial charge in [0.25, 0.3) is 0 Å². The molecule has 4 N–H and O–H groups in total. The highest BCUT2D eigenvalue weighted by atomic mass is 16.4. The first kappa shape index (κ1) is 17.0. The fourth-order valence-electron chi connectivity index (χ4n) is 1.81. The number of aliphatic carboxylic acids is 1. The predicted molar refractivity (Wildman–Crippen MR) is 75.8 cm³/mol. The molecule has 0 aliphatic rings. The van der Waals surface area contributed by atoms with Crippen LogP contribution in [-0.4, -0.2) is 63.3 Å². The van der Waals surface area contributed by atoms with Gasteiger partial charge in [0.1, 0.15) is 6.04 Å². The predicted octanol–water partition coefficient (Wildman–Crippen LogP) is 0.209. The maximum absolute atomic E-state index is 11.9. The molecule has 1 aromatic rings. The average molecular weight is 298 g/mol. The number of aliphatic hydroxyl groups excluding tert-OH is 1. The van der Waals surface area contributed by atoms with Crippen LogP contribution in [0.15, 0.2) is 12.5 Å². The van der Waals surface area contributed by atoms with Crippen LogP contribution in [0.1, 0.15) is 25.0 Å². The summed E-state index contributed by atoms with van der Waals surface area (Å²) < 4.78 is 0. The fraction of sp³-hybridized carbons (Fsp3) is 0.615. The molecule has 0 aliphatic carbocycles. The number of aromatic amines is 1. The van der Waals surface area contributed by atoms with E-state index < -0.39 is 18.0 Å². The Bertz CT molecular complexity index is 435. The third-order valence-corrected chi connectivity index (χ3v) is 3.07. The number of aliphatic hydroxyl groups is 1. The summed E-state index contributed by atoms with van der Waals surface area (Å²) in [5.74, 6) is -1.09. The van der Waals surface area contributed by atoms with E-state index in [4.69, 9.17) is 10.2 Å². The molecule has 8 nitrogen and oxygen atoms in total. The van der Waals surface area contributed by atoms with Crippen LogP contribution >= 0.6 is 0 Å². The number of carbonyl (C=O) groups excluding carboxylic acids is 1. The van der Waals surface area contributed by atoms with E-state index in [0.717, 1.165) is 12.8 Å². The Kier molecular flexibility index (Phi) is 7.24. The molecule has 8 heteroatoms. The quantitative estimate of drug-likeness (QED) is 0.486. The summed E-state index contributed by atoms with van der Waals surface area (Å²) >= 11 is 0. The second kappa shape index (κ2) is 8.96. The molecule has 1 atom stereocenters. The molecule has 0 bridgehead atoms. The third-order valence-electron chi connectivity index (χ3n) is 3.07. The van der Waals surface area contributed by atoms with E-state index in [2.05, 4.69) is 15.3 Å². The zero-order chi connectivity index (χ0) is 15.7. The van der Waals surface area contributed by atoms with Crippen LogP contribution in [0.3, 0.4) is 0 Å². The zero-order valence-corrected chi connectivity index (χ0v) is 12.1. The highest BCUT2D eigenvalue weighted by molar-refractivity contribution is 5.82. The standard InChI is InChI=1S/C13H22N4O4/c1-17(5-3-2-4-6-18)13(21)16-11(12(19)20)7-10-8-14-9-15-10/h8-9,11,18H,2-7H2,1H3,(H,14,15)(H,16,21)(H,19,20)/t11-/m0/s1. The van der Waals surface area contributed by atoms with Gasteiger partial charge in [-0.25, -0.2) is 14.6 Å². The first-order valence-electron chi connectivity index (χ1n) is 6.87. The summed E-state index contributed by atoms with van der Waals surface area (Å²) in [7, 11) is 1.61. The van der Waals surface area contributed by atoms with Crippen LogP contribution in [0.25, 0.3) is 0 Å². The summed E-state index contributed by atoms with van der Waals surface area (Å²) in [6.07, 6.45) is 5.43. The minimum atomic E-state index is -1.09. The number of nitrogens with zero attached hydrogens (tertiary/aromatic N) is 2. The van der Waals surface area contributed by atoms with Gasteiger partial charge in [-0.1, -0.05) is 0 Å². The van der Waals surface area contributed by atoms with Crippen molar-refractivity contribution in [1.82, 2.24) is 20.2 Å². The molecule has 0 spiro atoms. The van der Waals surface area contributed by atoms with Crippen molar-refractivity contribution >= 4 is 12.0 Å². The molecule has 0 unspecified atom stereocenters. The number of carbonyl (C=O) groups is 2. The highest BCUT2D eigenvalue weighted by Crippen LogP contribution is 2.01. The van der Waals surface area contributed by atoms with Crippen LogP contribution in [0, 0.1) is 0 Å². The number of H-pyrrole nitrogens is 1. The molecule has 118 valence electrons. The third kappa shape index (κ3) is 6.26. The molecule has 1 rings (SSSR count). The minimum Gasteiger partial charge on any atom is -0.480 e. The Hall–Kier alpha value is -2.09. The van der Waals surface area contributed by atoms with Gasteiger partial charge in [-0.05, 0) is 19.3 Å². The first-order valence-corrected chi connectivity index (χ1v) is 6.87. The Morgan fingerprint density at radius 1 is 1.43 bits per heavy atom. The van der Waals surface area contributed by atoms with E-state index in [1.54, 1.807) is 7.05 Å². The Morgan fingerprint density at radius 3 is 2.76 bits per heavy atom. The van der Waals surface area contributed by atoms with Gasteiger partial charge in [0.2, 0.25) is 0 Å². The lowest BCUT2D eigenvalue weighted by Crippen LogP contribution is -2.48. The van der Waals surface area contributed by atoms with E-state index in [0.29, 0.717) is 18.7 Å². The van der Waals surface area contributed by atoms with Gasteiger partial charge in [0.05, 0.1) is 6.33 Å². The lowest BCUT2D eigenvalue weighted by Gasteiger charge is -2.21. The minimum absolute atomic E-state index is 0.140. The van der Waals surface area contributed by atoms with Crippen molar-refractivity contribution in [2.45, 2.75) is 31.7 Å². The van der Waals surface area contributed by atoms with Gasteiger partial charge < -0.3 is 25.4 Å². The largest absolute Gasteiger partial charge is 0.480 e. The zero-order valence-electron chi connectivity index (χ0n) is 12.1. The highest BCUT2D eigenvalue weighted by Gasteiger charge is 2.22. The lowest BCUT2D eigenvalue weighted by atomic mass is 10.1. The van der Waals surface area contributed by atoms with Crippen molar-refractivity contribution < 1.29 is 19.8 Å². The number of carboxylic acids is 1. The molecule has 0 fully saturated rings. The summed E-state index contributed by atoms with van der Waals surface area (Å²) in [5, 5.41) is 20.3. The number of hydrogen-bond donors (Lipinski definition) is 4. The Morgan fingerprint density at radius 2 is 2.19 bits per heavy atom. The molecule has 21 heavy (non-hydrogen) atoms. The second-order valence-electron chi connectivity index (χ2n) is 4.83. The molecule has 0 saturated carbocycles. The van der Waals surface area contributed by atoms with E-state index in [-0.39, 0.29) is 13.0 Å². The number of nitrogens with one attached hydrogen (secondary N) is 2. The van der Waals surface area contributed by atoms with Gasteiger partial charge in [0, 0.05) is 38.5 Å². The van der Waals surface area contributed by atoms with Crippen LogP contribution in [0.5, 0.6) is 0 Å². The SMILES string of the molecule is CN(CCCCCO)C(=O)N[C@@H](Cc1cnc[nH]1)C(=O)O. The first-order chi connectivity index (χ1) is 10.0. The number of carboxylic acid groups (broad SMARTS) is 1. The lowest BCUT2D eigenvalue weighted by molar-refractivity contribution is -0.139. The van der Waals surface area contributed by atoms with Crippen LogP contribution in [0.4, 0.5) is 4.79 Å². The van der Waals surface area contributed by atoms with E-state index in [9.17, 15) is 9.59 Å². The van der Waals surface area contributed by atoms with E-state index >= 15 is 0 Å². The van der Waals surface area contributed by atoms with Crippen molar-refractivity contribution in [2.24, 2.45) is 0 Å². The molecule has 1 aromatic heterocycles. The molecule has 0 radical (unpaired) electrons. The van der Waals surface area contributed by atoms with Crippen LogP contribution in [0.2, 0.25) is 0 Å². The maximum atomic E-state index is 11.9. The van der Waals surface area contributed by atoms with E-state index in [1.165, 1.54) is 17.4 Å². The van der Waals surface area contributed by atoms with Gasteiger partial charge in [-0.2, -0.15) is 0 Å². The van der Waals surface area contributed by atoms with Crippen molar-refractivity contribution in [2.75, 3.05) is 20.2 Å². The molecule has 0 aliphatic heterocycles. The number of hydrogen-bond acceptors (Lipinski definition) is 4. The van der Waals surface area contributed by atoms with Crippen molar-refractivity contribution in [3.05, 3.63) is 18.2 Å². The molecule has 0 aromatic carbocycles. The smallest absolute Gasteiger partial charge is 0.326 e. The topological polar surface area (TPSA) is 119 Å². The molecular weight excluding hydrogens is 276 g/mol. The second-order valence-corrected chi connectivity index (χ2v) is 4.83. The Labute approximate surface area is 123 Å². The van der Waals surface area contributed by atoms with Gasteiger partial charge in [0.15, 0.2) is 0 Å². The number of urea groups is 1. The van der Waals surface area contributed by atoms with Crippen LogP contribution < -0.4 is 5.32 Å².